The van der Waals surface area contributed by atoms with Crippen LogP contribution in [0.25, 0.3) is 0 Å². The lowest BCUT2D eigenvalue weighted by Crippen LogP contribution is -2.57. The Hall–Kier alpha value is -3.18. The minimum atomic E-state index is -1.21. The molecule has 0 aliphatic carbocycles. The molecule has 9 nitrogen and oxygen atoms in total. The Morgan fingerprint density at radius 3 is 2.21 bits per heavy atom. The van der Waals surface area contributed by atoms with Gasteiger partial charge in [0.2, 0.25) is 11.8 Å². The first-order valence-corrected chi connectivity index (χ1v) is 17.6. The molecule has 3 fully saturated rings. The van der Waals surface area contributed by atoms with Crippen LogP contribution in [0, 0.1) is 11.8 Å². The van der Waals surface area contributed by atoms with Crippen LogP contribution in [0.5, 0.6) is 5.75 Å². The quantitative estimate of drug-likeness (QED) is 0.134. The zero-order chi connectivity index (χ0) is 33.7. The van der Waals surface area contributed by atoms with E-state index >= 15 is 0 Å². The Bertz CT molecular complexity index is 1460. The third-order valence-corrected chi connectivity index (χ3v) is 10.5. The number of hydrogen-bond acceptors (Lipinski definition) is 6. The maximum atomic E-state index is 14.8. The standard InChI is InChI=1S/C36H43BrClN3O6/c1-4-19-39(26-15-17-27(18-16-26)46-6-3)33(43)29-30-34(44)41(21-9-7-8-10-22-42)32(36(30)23-28(37)31(29)47-36)35(45)40(20-5-2)25-13-11-24(38)12-14-25/h4-5,11-18,28-32,42H,1-2,6-10,19-23H2,3H3/t28?,29-,30-,31-,32?,36?/m0/s1. The number of aliphatic hydroxyl groups excluding tert-OH is 1. The van der Waals surface area contributed by atoms with Crippen molar-refractivity contribution in [1.29, 1.82) is 0 Å². The maximum Gasteiger partial charge on any atom is 0.253 e. The number of ether oxygens (including phenoxy) is 2. The van der Waals surface area contributed by atoms with Gasteiger partial charge >= 0.3 is 0 Å². The first-order valence-electron chi connectivity index (χ1n) is 16.3. The van der Waals surface area contributed by atoms with Gasteiger partial charge < -0.3 is 29.3 Å². The van der Waals surface area contributed by atoms with Crippen LogP contribution in [0.2, 0.25) is 5.02 Å². The van der Waals surface area contributed by atoms with Crippen molar-refractivity contribution in [2.24, 2.45) is 11.8 Å². The fourth-order valence-electron chi connectivity index (χ4n) is 7.42. The molecular weight excluding hydrogens is 686 g/mol. The van der Waals surface area contributed by atoms with Crippen LogP contribution in [0.4, 0.5) is 11.4 Å². The van der Waals surface area contributed by atoms with E-state index in [0.29, 0.717) is 54.6 Å². The average molecular weight is 729 g/mol. The Kier molecular flexibility index (Phi) is 11.5. The summed E-state index contributed by atoms with van der Waals surface area (Å²) < 4.78 is 12.4. The zero-order valence-electron chi connectivity index (χ0n) is 26.7. The Labute approximate surface area is 290 Å². The molecule has 3 aliphatic heterocycles. The smallest absolute Gasteiger partial charge is 0.253 e. The molecule has 3 unspecified atom stereocenters. The third-order valence-electron chi connectivity index (χ3n) is 9.37. The Morgan fingerprint density at radius 1 is 1.02 bits per heavy atom. The molecule has 3 aliphatic rings. The molecule has 0 radical (unpaired) electrons. The summed E-state index contributed by atoms with van der Waals surface area (Å²) in [5.74, 6) is -1.75. The monoisotopic (exact) mass is 727 g/mol. The lowest BCUT2D eigenvalue weighted by Gasteiger charge is -2.37. The number of nitrogens with zero attached hydrogens (tertiary/aromatic N) is 3. The highest BCUT2D eigenvalue weighted by Gasteiger charge is 2.77. The third kappa shape index (κ3) is 6.75. The molecule has 3 saturated heterocycles. The van der Waals surface area contributed by atoms with E-state index in [-0.39, 0.29) is 42.2 Å². The molecule has 2 aromatic rings. The van der Waals surface area contributed by atoms with Gasteiger partial charge in [-0.25, -0.2) is 0 Å². The summed E-state index contributed by atoms with van der Waals surface area (Å²) in [6.45, 7) is 11.1. The number of rotatable bonds is 16. The van der Waals surface area contributed by atoms with Gasteiger partial charge in [0.15, 0.2) is 0 Å². The summed E-state index contributed by atoms with van der Waals surface area (Å²) in [4.78, 5) is 48.6. The van der Waals surface area contributed by atoms with Crippen molar-refractivity contribution >= 4 is 56.6 Å². The van der Waals surface area contributed by atoms with E-state index in [0.717, 1.165) is 12.8 Å². The first kappa shape index (κ1) is 35.1. The minimum Gasteiger partial charge on any atom is -0.494 e. The fourth-order valence-corrected chi connectivity index (χ4v) is 8.49. The van der Waals surface area contributed by atoms with E-state index < -0.39 is 29.6 Å². The van der Waals surface area contributed by atoms with Gasteiger partial charge in [-0.2, -0.15) is 0 Å². The van der Waals surface area contributed by atoms with E-state index in [9.17, 15) is 19.5 Å². The first-order chi connectivity index (χ1) is 22.7. The number of anilines is 2. The molecule has 6 atom stereocenters. The number of likely N-dealkylation sites (tertiary alicyclic amines) is 1. The highest BCUT2D eigenvalue weighted by molar-refractivity contribution is 9.09. The normalized spacial score (nSPS) is 25.8. The van der Waals surface area contributed by atoms with Crippen molar-refractivity contribution in [3.63, 3.8) is 0 Å². The molecule has 1 N–H and O–H groups in total. The van der Waals surface area contributed by atoms with Gasteiger partial charge in [-0.3, -0.25) is 14.4 Å². The van der Waals surface area contributed by atoms with Crippen molar-refractivity contribution in [2.45, 2.75) is 61.6 Å². The van der Waals surface area contributed by atoms with Crippen molar-refractivity contribution in [3.8, 4) is 5.75 Å². The molecule has 0 saturated carbocycles. The van der Waals surface area contributed by atoms with Gasteiger partial charge in [0.05, 0.1) is 24.5 Å². The van der Waals surface area contributed by atoms with Crippen LogP contribution in [-0.4, -0.2) is 83.2 Å². The largest absolute Gasteiger partial charge is 0.494 e. The number of amides is 3. The van der Waals surface area contributed by atoms with Gasteiger partial charge in [-0.05, 0) is 74.7 Å². The Morgan fingerprint density at radius 2 is 1.62 bits per heavy atom. The topological polar surface area (TPSA) is 99.6 Å². The summed E-state index contributed by atoms with van der Waals surface area (Å²) >= 11 is 9.95. The summed E-state index contributed by atoms with van der Waals surface area (Å²) in [7, 11) is 0. The molecule has 47 heavy (non-hydrogen) atoms. The second kappa shape index (κ2) is 15.4. The van der Waals surface area contributed by atoms with Gasteiger partial charge in [0, 0.05) is 47.5 Å². The SMILES string of the molecule is C=CCN(C(=O)C1N(CCCCCCO)C(=O)[C@@H]2[C@H](C(=O)N(CC=C)c3ccc(OCC)cc3)[C@H]3OC12CC3Br)c1ccc(Cl)cc1. The number of benzene rings is 2. The number of halogens is 2. The van der Waals surface area contributed by atoms with E-state index in [1.54, 1.807) is 51.1 Å². The molecular formula is C36H43BrClN3O6. The molecule has 0 aromatic heterocycles. The molecule has 11 heteroatoms. The van der Waals surface area contributed by atoms with Gasteiger partial charge in [-0.1, -0.05) is 52.5 Å². The van der Waals surface area contributed by atoms with E-state index in [2.05, 4.69) is 29.1 Å². The predicted molar refractivity (Wildman–Crippen MR) is 187 cm³/mol. The molecule has 2 bridgehead atoms. The number of aliphatic hydroxyl groups is 1. The van der Waals surface area contributed by atoms with Crippen LogP contribution >= 0.6 is 27.5 Å². The lowest BCUT2D eigenvalue weighted by atomic mass is 9.70. The summed E-state index contributed by atoms with van der Waals surface area (Å²) in [5.41, 5.74) is 0.0703. The van der Waals surface area contributed by atoms with Crippen LogP contribution < -0.4 is 14.5 Å². The number of carbonyl (C=O) groups excluding carboxylic acids is 3. The molecule has 3 heterocycles. The van der Waals surface area contributed by atoms with Crippen LogP contribution in [0.1, 0.15) is 39.0 Å². The highest BCUT2D eigenvalue weighted by Crippen LogP contribution is 2.60. The van der Waals surface area contributed by atoms with Crippen molar-refractivity contribution in [1.82, 2.24) is 4.90 Å². The molecule has 2 aromatic carbocycles. The van der Waals surface area contributed by atoms with Crippen molar-refractivity contribution in [2.75, 3.05) is 42.6 Å². The van der Waals surface area contributed by atoms with Crippen molar-refractivity contribution in [3.05, 3.63) is 78.9 Å². The van der Waals surface area contributed by atoms with E-state index in [1.165, 1.54) is 0 Å². The second-order valence-electron chi connectivity index (χ2n) is 12.2. The number of fused-ring (bicyclic) bond motifs is 1. The van der Waals surface area contributed by atoms with E-state index in [4.69, 9.17) is 21.1 Å². The molecule has 5 rings (SSSR count). The fraction of sp³-hybridized carbons (Fsp3) is 0.472. The summed E-state index contributed by atoms with van der Waals surface area (Å²) in [5, 5.41) is 9.80. The number of carbonyl (C=O) groups is 3. The number of hydrogen-bond donors (Lipinski definition) is 1. The number of alkyl halides is 1. The molecule has 1 spiro atoms. The van der Waals surface area contributed by atoms with Gasteiger partial charge in [0.25, 0.3) is 5.91 Å². The summed E-state index contributed by atoms with van der Waals surface area (Å²) in [6, 6.07) is 13.3. The van der Waals surface area contributed by atoms with Crippen molar-refractivity contribution < 1.29 is 29.0 Å². The zero-order valence-corrected chi connectivity index (χ0v) is 29.1. The minimum absolute atomic E-state index is 0.105. The second-order valence-corrected chi connectivity index (χ2v) is 13.8. The Balaban J connectivity index is 1.53. The molecule has 3 amide bonds. The summed E-state index contributed by atoms with van der Waals surface area (Å²) in [6.07, 6.45) is 6.02. The van der Waals surface area contributed by atoms with Crippen LogP contribution in [0.15, 0.2) is 73.8 Å². The molecule has 252 valence electrons. The lowest BCUT2D eigenvalue weighted by molar-refractivity contribution is -0.140. The van der Waals surface area contributed by atoms with Gasteiger partial charge in [0.1, 0.15) is 17.4 Å². The average Bonchev–Trinajstić information content (AvgIpc) is 3.66. The number of unbranched alkanes of at least 4 members (excludes halogenated alkanes) is 3. The van der Waals surface area contributed by atoms with Gasteiger partial charge in [-0.15, -0.1) is 13.2 Å². The van der Waals surface area contributed by atoms with Crippen LogP contribution in [0.3, 0.4) is 0 Å². The maximum absolute atomic E-state index is 14.8. The highest BCUT2D eigenvalue weighted by atomic mass is 79.9. The predicted octanol–water partition coefficient (Wildman–Crippen LogP) is 5.78. The van der Waals surface area contributed by atoms with E-state index in [1.807, 2.05) is 31.2 Å². The van der Waals surface area contributed by atoms with Crippen LogP contribution in [-0.2, 0) is 19.1 Å².